The van der Waals surface area contributed by atoms with Gasteiger partial charge in [-0.15, -0.1) is 0 Å². The Balaban J connectivity index is 3.76. The minimum atomic E-state index is -0.937. The highest BCUT2D eigenvalue weighted by Crippen LogP contribution is 2.10. The lowest BCUT2D eigenvalue weighted by atomic mass is 10.3. The molecular weight excluding hydrogens is 240 g/mol. The zero-order valence-electron chi connectivity index (χ0n) is 11.3. The molecule has 0 saturated carbocycles. The standard InChI is InChI=1S/C11H24N2O3S/c1-9(8-16-5)13-10(14)12-6-7-17(15)11(2,3)4/h9H,6-8H2,1-5H3,(H2,12,13,14). The van der Waals surface area contributed by atoms with Crippen molar-refractivity contribution in [2.75, 3.05) is 26.0 Å². The number of urea groups is 1. The van der Waals surface area contributed by atoms with E-state index in [1.807, 2.05) is 27.7 Å². The maximum Gasteiger partial charge on any atom is 0.315 e. The van der Waals surface area contributed by atoms with Crippen LogP contribution in [0.4, 0.5) is 4.79 Å². The molecule has 0 aromatic rings. The highest BCUT2D eigenvalue weighted by atomic mass is 32.2. The van der Waals surface area contributed by atoms with Gasteiger partial charge in [-0.3, -0.25) is 4.21 Å². The smallest absolute Gasteiger partial charge is 0.315 e. The van der Waals surface area contributed by atoms with E-state index in [2.05, 4.69) is 10.6 Å². The number of hydrogen-bond donors (Lipinski definition) is 2. The van der Waals surface area contributed by atoms with Crippen molar-refractivity contribution in [1.82, 2.24) is 10.6 Å². The summed E-state index contributed by atoms with van der Waals surface area (Å²) in [5.74, 6) is 0.468. The molecule has 5 nitrogen and oxygen atoms in total. The van der Waals surface area contributed by atoms with E-state index >= 15 is 0 Å². The van der Waals surface area contributed by atoms with E-state index in [1.54, 1.807) is 7.11 Å². The highest BCUT2D eigenvalue weighted by Gasteiger charge is 2.18. The van der Waals surface area contributed by atoms with Gasteiger partial charge in [-0.05, 0) is 27.7 Å². The molecule has 0 aliphatic carbocycles. The van der Waals surface area contributed by atoms with Crippen LogP contribution in [0, 0.1) is 0 Å². The maximum absolute atomic E-state index is 11.7. The van der Waals surface area contributed by atoms with Crippen LogP contribution >= 0.6 is 0 Å². The van der Waals surface area contributed by atoms with E-state index < -0.39 is 10.8 Å². The average molecular weight is 264 g/mol. The van der Waals surface area contributed by atoms with Crippen LogP contribution in [0.1, 0.15) is 27.7 Å². The summed E-state index contributed by atoms with van der Waals surface area (Å²) >= 11 is 0. The van der Waals surface area contributed by atoms with Gasteiger partial charge in [0.25, 0.3) is 0 Å². The third-order valence-corrected chi connectivity index (χ3v) is 3.99. The second-order valence-electron chi connectivity index (χ2n) is 4.92. The SMILES string of the molecule is COCC(C)NC(=O)NCCS(=O)C(C)(C)C. The molecule has 0 aromatic heterocycles. The largest absolute Gasteiger partial charge is 0.383 e. The van der Waals surface area contributed by atoms with Gasteiger partial charge in [-0.25, -0.2) is 4.79 Å². The Morgan fingerprint density at radius 1 is 1.41 bits per heavy atom. The maximum atomic E-state index is 11.7. The molecule has 17 heavy (non-hydrogen) atoms. The van der Waals surface area contributed by atoms with Crippen LogP contribution in [0.5, 0.6) is 0 Å². The summed E-state index contributed by atoms with van der Waals surface area (Å²) in [5.41, 5.74) is 0. The Morgan fingerprint density at radius 2 is 2.00 bits per heavy atom. The Morgan fingerprint density at radius 3 is 2.47 bits per heavy atom. The van der Waals surface area contributed by atoms with Crippen LogP contribution in [-0.4, -0.2) is 47.0 Å². The summed E-state index contributed by atoms with van der Waals surface area (Å²) in [5, 5.41) is 5.40. The Bertz CT molecular complexity index is 264. The van der Waals surface area contributed by atoms with E-state index in [0.29, 0.717) is 18.9 Å². The van der Waals surface area contributed by atoms with Crippen molar-refractivity contribution in [2.45, 2.75) is 38.5 Å². The zero-order chi connectivity index (χ0) is 13.5. The van der Waals surface area contributed by atoms with Crippen LogP contribution in [-0.2, 0) is 15.5 Å². The molecule has 0 saturated heterocycles. The zero-order valence-corrected chi connectivity index (χ0v) is 12.1. The van der Waals surface area contributed by atoms with Gasteiger partial charge in [0.2, 0.25) is 0 Å². The Kier molecular flexibility index (Phi) is 7.38. The molecule has 2 unspecified atom stereocenters. The van der Waals surface area contributed by atoms with Gasteiger partial charge in [0, 0.05) is 35.0 Å². The summed E-state index contributed by atoms with van der Waals surface area (Å²) in [4.78, 5) is 11.4. The van der Waals surface area contributed by atoms with E-state index in [0.717, 1.165) is 0 Å². The summed E-state index contributed by atoms with van der Waals surface area (Å²) in [6, 6.07) is -0.284. The number of ether oxygens (including phenoxy) is 1. The lowest BCUT2D eigenvalue weighted by Gasteiger charge is -2.18. The quantitative estimate of drug-likeness (QED) is 0.748. The highest BCUT2D eigenvalue weighted by molar-refractivity contribution is 7.86. The first kappa shape index (κ1) is 16.4. The Labute approximate surface area is 106 Å². The summed E-state index contributed by atoms with van der Waals surface area (Å²) < 4.78 is 16.4. The monoisotopic (exact) mass is 264 g/mol. The van der Waals surface area contributed by atoms with Crippen molar-refractivity contribution in [3.63, 3.8) is 0 Å². The lowest BCUT2D eigenvalue weighted by molar-refractivity contribution is 0.171. The van der Waals surface area contributed by atoms with Gasteiger partial charge in [0.15, 0.2) is 0 Å². The topological polar surface area (TPSA) is 67.4 Å². The van der Waals surface area contributed by atoms with E-state index in [-0.39, 0.29) is 16.8 Å². The molecule has 0 heterocycles. The van der Waals surface area contributed by atoms with Crippen LogP contribution in [0.25, 0.3) is 0 Å². The average Bonchev–Trinajstić information content (AvgIpc) is 2.16. The van der Waals surface area contributed by atoms with Crippen molar-refractivity contribution in [3.8, 4) is 0 Å². The van der Waals surface area contributed by atoms with E-state index in [1.165, 1.54) is 0 Å². The fraction of sp³-hybridized carbons (Fsp3) is 0.909. The molecule has 2 atom stereocenters. The summed E-state index contributed by atoms with van der Waals surface area (Å²) in [6.45, 7) is 8.50. The van der Waals surface area contributed by atoms with Crippen molar-refractivity contribution in [1.29, 1.82) is 0 Å². The number of carbonyl (C=O) groups is 1. The molecule has 0 bridgehead atoms. The van der Waals surface area contributed by atoms with Gasteiger partial charge < -0.3 is 15.4 Å². The van der Waals surface area contributed by atoms with Gasteiger partial charge in [0.1, 0.15) is 0 Å². The number of carbonyl (C=O) groups excluding carboxylic acids is 1. The minimum absolute atomic E-state index is 0.0342. The summed E-state index contributed by atoms with van der Waals surface area (Å²) in [6.07, 6.45) is 0. The second kappa shape index (κ2) is 7.66. The van der Waals surface area contributed by atoms with Crippen LogP contribution < -0.4 is 10.6 Å². The third kappa shape index (κ3) is 8.15. The molecule has 0 aromatic carbocycles. The fourth-order valence-corrected chi connectivity index (χ4v) is 2.03. The Hall–Kier alpha value is -0.620. The van der Waals surface area contributed by atoms with Crippen LogP contribution in [0.15, 0.2) is 0 Å². The third-order valence-electron chi connectivity index (χ3n) is 2.05. The van der Waals surface area contributed by atoms with Crippen molar-refractivity contribution in [2.24, 2.45) is 0 Å². The first-order valence-corrected chi connectivity index (χ1v) is 7.01. The number of amides is 2. The lowest BCUT2D eigenvalue weighted by Crippen LogP contribution is -2.44. The molecule has 6 heteroatoms. The second-order valence-corrected chi connectivity index (χ2v) is 7.24. The van der Waals surface area contributed by atoms with Gasteiger partial charge >= 0.3 is 6.03 Å². The molecule has 0 fully saturated rings. The molecule has 2 N–H and O–H groups in total. The predicted octanol–water partition coefficient (Wildman–Crippen LogP) is 0.868. The van der Waals surface area contributed by atoms with E-state index in [4.69, 9.17) is 4.74 Å². The molecule has 0 aliphatic rings. The molecule has 2 amide bonds. The molecule has 0 rings (SSSR count). The molecule has 0 aliphatic heterocycles. The normalized spacial score (nSPS) is 15.1. The molecule has 0 spiro atoms. The van der Waals surface area contributed by atoms with E-state index in [9.17, 15) is 9.00 Å². The van der Waals surface area contributed by atoms with Gasteiger partial charge in [-0.2, -0.15) is 0 Å². The minimum Gasteiger partial charge on any atom is -0.383 e. The number of methoxy groups -OCH3 is 1. The summed E-state index contributed by atoms with van der Waals surface area (Å²) in [7, 11) is 0.649. The van der Waals surface area contributed by atoms with Gasteiger partial charge in [-0.1, -0.05) is 0 Å². The molecular formula is C11H24N2O3S. The van der Waals surface area contributed by atoms with Crippen molar-refractivity contribution < 1.29 is 13.7 Å². The van der Waals surface area contributed by atoms with Crippen molar-refractivity contribution in [3.05, 3.63) is 0 Å². The number of rotatable bonds is 6. The number of hydrogen-bond acceptors (Lipinski definition) is 3. The first-order valence-electron chi connectivity index (χ1n) is 5.69. The fourth-order valence-electron chi connectivity index (χ4n) is 1.13. The predicted molar refractivity (Wildman–Crippen MR) is 70.6 cm³/mol. The first-order chi connectivity index (χ1) is 7.77. The molecule has 102 valence electrons. The number of nitrogens with one attached hydrogen (secondary N) is 2. The van der Waals surface area contributed by atoms with Gasteiger partial charge in [0.05, 0.1) is 12.6 Å². The molecule has 0 radical (unpaired) electrons. The van der Waals surface area contributed by atoms with Crippen molar-refractivity contribution >= 4 is 16.8 Å². The van der Waals surface area contributed by atoms with Crippen LogP contribution in [0.3, 0.4) is 0 Å². The van der Waals surface area contributed by atoms with Crippen LogP contribution in [0.2, 0.25) is 0 Å².